The monoisotopic (exact) mass is 427 g/mol. The summed E-state index contributed by atoms with van der Waals surface area (Å²) in [6, 6.07) is 9.17. The van der Waals surface area contributed by atoms with Crippen LogP contribution in [0.2, 0.25) is 0 Å². The minimum atomic E-state index is -0.980. The van der Waals surface area contributed by atoms with Gasteiger partial charge in [0.05, 0.1) is 12.0 Å². The molecule has 0 bridgehead atoms. The van der Waals surface area contributed by atoms with E-state index < -0.39 is 30.1 Å². The zero-order valence-electron chi connectivity index (χ0n) is 17.7. The lowest BCUT2D eigenvalue weighted by Crippen LogP contribution is -2.48. The van der Waals surface area contributed by atoms with E-state index in [4.69, 9.17) is 14.6 Å². The van der Waals surface area contributed by atoms with Gasteiger partial charge in [-0.25, -0.2) is 9.69 Å². The first-order chi connectivity index (χ1) is 15.0. The van der Waals surface area contributed by atoms with E-state index in [-0.39, 0.29) is 19.0 Å². The number of ketones is 1. The van der Waals surface area contributed by atoms with Crippen LogP contribution in [0.15, 0.2) is 54.3 Å². The first-order valence-electron chi connectivity index (χ1n) is 10.7. The summed E-state index contributed by atoms with van der Waals surface area (Å²) in [5, 5.41) is 8.84. The van der Waals surface area contributed by atoms with Crippen LogP contribution < -0.4 is 0 Å². The molecule has 7 nitrogen and oxygen atoms in total. The number of hydrogen-bond donors (Lipinski definition) is 1. The number of aliphatic hydroxyl groups is 1. The van der Waals surface area contributed by atoms with E-state index in [0.717, 1.165) is 36.1 Å². The van der Waals surface area contributed by atoms with Crippen LogP contribution in [0.1, 0.15) is 38.2 Å². The molecule has 0 aliphatic carbocycles. The molecule has 1 saturated heterocycles. The number of carbonyl (C=O) groups is 3. The number of aliphatic hydroxyl groups excluding tert-OH is 1. The van der Waals surface area contributed by atoms with Crippen molar-refractivity contribution < 1.29 is 29.0 Å². The van der Waals surface area contributed by atoms with E-state index in [1.165, 1.54) is 6.08 Å². The first kappa shape index (κ1) is 22.7. The molecule has 0 aromatic heterocycles. The van der Waals surface area contributed by atoms with Gasteiger partial charge in [-0.15, -0.1) is 0 Å². The molecule has 3 rings (SSSR count). The Morgan fingerprint density at radius 1 is 1.19 bits per heavy atom. The molecule has 0 radical (unpaired) electrons. The predicted octanol–water partition coefficient (Wildman–Crippen LogP) is 3.17. The molecule has 166 valence electrons. The Labute approximate surface area is 182 Å². The molecule has 1 N–H and O–H groups in total. The average molecular weight is 427 g/mol. The van der Waals surface area contributed by atoms with Crippen LogP contribution in [0.4, 0.5) is 4.79 Å². The van der Waals surface area contributed by atoms with Gasteiger partial charge in [-0.2, -0.15) is 0 Å². The molecule has 2 amide bonds. The molecular weight excluding hydrogens is 398 g/mol. The summed E-state index contributed by atoms with van der Waals surface area (Å²) < 4.78 is 11.0. The highest BCUT2D eigenvalue weighted by molar-refractivity contribution is 6.01. The van der Waals surface area contributed by atoms with E-state index in [9.17, 15) is 14.4 Å². The van der Waals surface area contributed by atoms with Crippen LogP contribution in [-0.4, -0.2) is 53.1 Å². The highest BCUT2D eigenvalue weighted by Crippen LogP contribution is 2.26. The fourth-order valence-electron chi connectivity index (χ4n) is 3.76. The largest absolute Gasteiger partial charge is 0.482 e. The zero-order chi connectivity index (χ0) is 22.2. The van der Waals surface area contributed by atoms with Gasteiger partial charge in [0, 0.05) is 6.61 Å². The Morgan fingerprint density at radius 3 is 2.71 bits per heavy atom. The van der Waals surface area contributed by atoms with Gasteiger partial charge in [0.15, 0.2) is 11.9 Å². The number of carbonyl (C=O) groups excluding carboxylic acids is 3. The van der Waals surface area contributed by atoms with Crippen LogP contribution in [0.5, 0.6) is 0 Å². The summed E-state index contributed by atoms with van der Waals surface area (Å²) in [6.45, 7) is 1.91. The number of imide groups is 1. The second-order valence-electron chi connectivity index (χ2n) is 7.87. The Bertz CT molecular complexity index is 847. The molecule has 0 saturated carbocycles. The van der Waals surface area contributed by atoms with Gasteiger partial charge in [-0.05, 0) is 56.4 Å². The minimum Gasteiger partial charge on any atom is -0.482 e. The summed E-state index contributed by atoms with van der Waals surface area (Å²) in [6.07, 6.45) is 7.03. The summed E-state index contributed by atoms with van der Waals surface area (Å²) in [4.78, 5) is 39.0. The van der Waals surface area contributed by atoms with Gasteiger partial charge >= 0.3 is 6.09 Å². The van der Waals surface area contributed by atoms with Crippen LogP contribution in [-0.2, 0) is 25.5 Å². The van der Waals surface area contributed by atoms with E-state index in [0.29, 0.717) is 12.2 Å². The van der Waals surface area contributed by atoms with Crippen molar-refractivity contribution in [1.82, 2.24) is 4.90 Å². The number of cyclic esters (lactones) is 1. The number of hydrogen-bond acceptors (Lipinski definition) is 6. The molecule has 31 heavy (non-hydrogen) atoms. The van der Waals surface area contributed by atoms with Crippen molar-refractivity contribution in [3.05, 3.63) is 59.9 Å². The third-order valence-electron chi connectivity index (χ3n) is 5.52. The Morgan fingerprint density at radius 2 is 1.97 bits per heavy atom. The highest BCUT2D eigenvalue weighted by Gasteiger charge is 2.43. The molecule has 2 aliphatic heterocycles. The topological polar surface area (TPSA) is 93.1 Å². The molecular formula is C24H29NO6. The third-order valence-corrected chi connectivity index (χ3v) is 5.52. The van der Waals surface area contributed by atoms with Gasteiger partial charge in [-0.3, -0.25) is 9.59 Å². The summed E-state index contributed by atoms with van der Waals surface area (Å²) in [7, 11) is 0. The Kier molecular flexibility index (Phi) is 8.00. The van der Waals surface area contributed by atoms with Crippen molar-refractivity contribution >= 4 is 17.8 Å². The molecule has 2 aliphatic rings. The number of nitrogens with zero attached hydrogens (tertiary/aromatic N) is 1. The van der Waals surface area contributed by atoms with Crippen molar-refractivity contribution in [2.24, 2.45) is 5.92 Å². The minimum absolute atomic E-state index is 0.130. The molecule has 0 spiro atoms. The van der Waals surface area contributed by atoms with Crippen molar-refractivity contribution in [1.29, 1.82) is 0 Å². The number of benzene rings is 1. The summed E-state index contributed by atoms with van der Waals surface area (Å²) in [5.74, 6) is -1.07. The second-order valence-corrected chi connectivity index (χ2v) is 7.87. The smallest absolute Gasteiger partial charge is 0.416 e. The lowest BCUT2D eigenvalue weighted by Gasteiger charge is -2.29. The molecule has 3 atom stereocenters. The van der Waals surface area contributed by atoms with Gasteiger partial charge in [0.1, 0.15) is 12.4 Å². The van der Waals surface area contributed by atoms with Crippen LogP contribution in [0.3, 0.4) is 0 Å². The lowest BCUT2D eigenvalue weighted by atomic mass is 9.96. The number of ether oxygens (including phenoxy) is 2. The third kappa shape index (κ3) is 5.82. The maximum Gasteiger partial charge on any atom is 0.416 e. The normalized spacial score (nSPS) is 23.0. The predicted molar refractivity (Wildman–Crippen MR) is 114 cm³/mol. The molecule has 1 aromatic carbocycles. The first-order valence-corrected chi connectivity index (χ1v) is 10.7. The number of unbranched alkanes of at least 4 members (excludes halogenated alkanes) is 3. The zero-order valence-corrected chi connectivity index (χ0v) is 17.7. The summed E-state index contributed by atoms with van der Waals surface area (Å²) in [5.41, 5.74) is 0.996. The number of amides is 2. The molecule has 7 heteroatoms. The van der Waals surface area contributed by atoms with Crippen molar-refractivity contribution in [2.45, 2.75) is 51.2 Å². The standard InChI is InChI=1S/C24H29NO6/c1-17(22-21(27)13-12-20(31-22)11-7-2-3-8-14-26)23(28)25-19(16-30-24(25)29)15-18-9-5-4-6-10-18/h4-6,9-13,17,19,22,26H,2-3,7-8,14-16H2,1H3. The van der Waals surface area contributed by atoms with Crippen molar-refractivity contribution in [2.75, 3.05) is 13.2 Å². The lowest BCUT2D eigenvalue weighted by molar-refractivity contribution is -0.142. The Hall–Kier alpha value is -2.93. The number of rotatable bonds is 9. The number of allylic oxidation sites excluding steroid dienone is 2. The highest BCUT2D eigenvalue weighted by atomic mass is 16.6. The molecule has 2 heterocycles. The van der Waals surface area contributed by atoms with Gasteiger partial charge in [0.2, 0.25) is 5.91 Å². The fourth-order valence-corrected chi connectivity index (χ4v) is 3.76. The maximum atomic E-state index is 13.2. The Balaban J connectivity index is 1.65. The van der Waals surface area contributed by atoms with Gasteiger partial charge in [-0.1, -0.05) is 36.8 Å². The molecule has 1 aromatic rings. The average Bonchev–Trinajstić information content (AvgIpc) is 3.14. The fraction of sp³-hybridized carbons (Fsp3) is 0.458. The van der Waals surface area contributed by atoms with Crippen LogP contribution in [0, 0.1) is 5.92 Å². The van der Waals surface area contributed by atoms with E-state index in [2.05, 4.69) is 0 Å². The van der Waals surface area contributed by atoms with E-state index in [1.54, 1.807) is 13.0 Å². The van der Waals surface area contributed by atoms with E-state index >= 15 is 0 Å². The SMILES string of the molecule is CC(C(=O)N1C(=O)OCC1Cc1ccccc1)C1OC(=CCCCCCO)C=CC1=O. The van der Waals surface area contributed by atoms with Gasteiger partial charge < -0.3 is 14.6 Å². The van der Waals surface area contributed by atoms with Crippen LogP contribution in [0.25, 0.3) is 0 Å². The van der Waals surface area contributed by atoms with E-state index in [1.807, 2.05) is 36.4 Å². The summed E-state index contributed by atoms with van der Waals surface area (Å²) >= 11 is 0. The molecule has 1 fully saturated rings. The molecule has 3 unspecified atom stereocenters. The van der Waals surface area contributed by atoms with Crippen LogP contribution >= 0.6 is 0 Å². The van der Waals surface area contributed by atoms with Gasteiger partial charge in [0.25, 0.3) is 0 Å². The quantitative estimate of drug-likeness (QED) is 0.609. The van der Waals surface area contributed by atoms with Crippen molar-refractivity contribution in [3.8, 4) is 0 Å². The maximum absolute atomic E-state index is 13.2. The second kappa shape index (κ2) is 10.9. The van der Waals surface area contributed by atoms with Crippen molar-refractivity contribution in [3.63, 3.8) is 0 Å².